The van der Waals surface area contributed by atoms with Gasteiger partial charge in [-0.2, -0.15) is 0 Å². The highest BCUT2D eigenvalue weighted by atomic mass is 32.1. The fourth-order valence-corrected chi connectivity index (χ4v) is 3.62. The van der Waals surface area contributed by atoms with Crippen LogP contribution in [0, 0.1) is 10.1 Å². The van der Waals surface area contributed by atoms with Crippen LogP contribution in [-0.2, 0) is 0 Å². The van der Waals surface area contributed by atoms with Crippen LogP contribution in [0.1, 0.15) is 42.1 Å². The molecule has 172 valence electrons. The molecule has 1 atom stereocenters. The lowest BCUT2D eigenvalue weighted by atomic mass is 9.98. The van der Waals surface area contributed by atoms with Gasteiger partial charge in [-0.1, -0.05) is 26.0 Å². The zero-order valence-corrected chi connectivity index (χ0v) is 19.4. The molecule has 0 radical (unpaired) electrons. The average molecular weight is 475 g/mol. The molecule has 0 aliphatic carbocycles. The van der Waals surface area contributed by atoms with Gasteiger partial charge < -0.3 is 9.73 Å². The summed E-state index contributed by atoms with van der Waals surface area (Å²) in [5.74, 6) is 0.432. The number of benzene rings is 3. The zero-order valence-electron chi connectivity index (χ0n) is 18.6. The van der Waals surface area contributed by atoms with Gasteiger partial charge in [0.25, 0.3) is 11.6 Å². The molecule has 1 heterocycles. The van der Waals surface area contributed by atoms with Crippen molar-refractivity contribution >= 4 is 45.7 Å². The first kappa shape index (κ1) is 23.1. The van der Waals surface area contributed by atoms with Crippen LogP contribution in [0.25, 0.3) is 22.6 Å². The van der Waals surface area contributed by atoms with Crippen molar-refractivity contribution in [2.24, 2.45) is 0 Å². The van der Waals surface area contributed by atoms with Gasteiger partial charge in [-0.15, -0.1) is 0 Å². The number of anilines is 1. The summed E-state index contributed by atoms with van der Waals surface area (Å²) in [5, 5.41) is 16.4. The van der Waals surface area contributed by atoms with Crippen LogP contribution in [0.15, 0.2) is 71.1 Å². The summed E-state index contributed by atoms with van der Waals surface area (Å²) in [6.45, 7) is 4.34. The van der Waals surface area contributed by atoms with Crippen LogP contribution in [0.2, 0.25) is 0 Å². The number of carbonyl (C=O) groups is 1. The van der Waals surface area contributed by atoms with Crippen molar-refractivity contribution in [2.75, 3.05) is 5.32 Å². The minimum absolute atomic E-state index is 0.0729. The molecule has 34 heavy (non-hydrogen) atoms. The number of fused-ring (bicyclic) bond motifs is 1. The van der Waals surface area contributed by atoms with Gasteiger partial charge in [0.15, 0.2) is 10.7 Å². The molecule has 8 nitrogen and oxygen atoms in total. The highest BCUT2D eigenvalue weighted by molar-refractivity contribution is 7.80. The van der Waals surface area contributed by atoms with E-state index in [1.807, 2.05) is 18.2 Å². The molecule has 0 aliphatic heterocycles. The zero-order chi connectivity index (χ0) is 24.2. The van der Waals surface area contributed by atoms with E-state index in [4.69, 9.17) is 16.6 Å². The maximum absolute atomic E-state index is 12.3. The minimum Gasteiger partial charge on any atom is -0.436 e. The van der Waals surface area contributed by atoms with Crippen molar-refractivity contribution in [1.82, 2.24) is 10.3 Å². The molecule has 0 unspecified atom stereocenters. The topological polar surface area (TPSA) is 110 Å². The Morgan fingerprint density at radius 1 is 1.15 bits per heavy atom. The summed E-state index contributed by atoms with van der Waals surface area (Å²) in [6, 6.07) is 18.8. The maximum Gasteiger partial charge on any atom is 0.270 e. The van der Waals surface area contributed by atoms with Crippen LogP contribution in [0.3, 0.4) is 0 Å². The first-order valence-electron chi connectivity index (χ1n) is 10.7. The fourth-order valence-electron chi connectivity index (χ4n) is 3.40. The van der Waals surface area contributed by atoms with Crippen LogP contribution in [0.4, 0.5) is 11.4 Å². The second-order valence-electron chi connectivity index (χ2n) is 7.85. The SMILES string of the molecule is CC[C@H](C)c1ccc2oc(-c3ccc(NC(=S)NC(=O)c4cccc([N+](=O)[O-])c4)cc3)nc2c1. The third-order valence-corrected chi connectivity index (χ3v) is 5.73. The van der Waals surface area contributed by atoms with Crippen LogP contribution >= 0.6 is 12.2 Å². The maximum atomic E-state index is 12.3. The van der Waals surface area contributed by atoms with E-state index in [0.29, 0.717) is 17.5 Å². The lowest BCUT2D eigenvalue weighted by Crippen LogP contribution is -2.34. The lowest BCUT2D eigenvalue weighted by Gasteiger charge is -2.10. The van der Waals surface area contributed by atoms with Gasteiger partial charge >= 0.3 is 0 Å². The number of non-ortho nitro benzene ring substituents is 1. The number of aromatic nitrogens is 1. The fraction of sp³-hybridized carbons (Fsp3) is 0.160. The minimum atomic E-state index is -0.559. The van der Waals surface area contributed by atoms with Crippen molar-refractivity contribution in [3.05, 3.63) is 88.0 Å². The van der Waals surface area contributed by atoms with E-state index in [0.717, 1.165) is 23.1 Å². The number of nitrogens with one attached hydrogen (secondary N) is 2. The quantitative estimate of drug-likeness (QED) is 0.199. The Labute approximate surface area is 201 Å². The number of hydrogen-bond donors (Lipinski definition) is 2. The Hall–Kier alpha value is -4.11. The Morgan fingerprint density at radius 3 is 2.62 bits per heavy atom. The Morgan fingerprint density at radius 2 is 1.91 bits per heavy atom. The van der Waals surface area contributed by atoms with E-state index in [9.17, 15) is 14.9 Å². The summed E-state index contributed by atoms with van der Waals surface area (Å²) in [6.07, 6.45) is 1.05. The van der Waals surface area contributed by atoms with Crippen LogP contribution < -0.4 is 10.6 Å². The first-order valence-corrected chi connectivity index (χ1v) is 11.1. The molecule has 0 aliphatic rings. The molecule has 1 amide bonds. The highest BCUT2D eigenvalue weighted by Crippen LogP contribution is 2.28. The smallest absolute Gasteiger partial charge is 0.270 e. The molecule has 1 aromatic heterocycles. The molecular weight excluding hydrogens is 452 g/mol. The van der Waals surface area contributed by atoms with Crippen molar-refractivity contribution in [2.45, 2.75) is 26.2 Å². The molecule has 0 spiro atoms. The number of nitrogens with zero attached hydrogens (tertiary/aromatic N) is 2. The number of carbonyl (C=O) groups excluding carboxylic acids is 1. The van der Waals surface area contributed by atoms with Crippen LogP contribution in [0.5, 0.6) is 0 Å². The molecule has 3 aromatic carbocycles. The Bertz CT molecular complexity index is 1380. The van der Waals surface area contributed by atoms with Gasteiger partial charge in [-0.25, -0.2) is 4.98 Å². The molecule has 4 aromatic rings. The van der Waals surface area contributed by atoms with Gasteiger partial charge in [0.1, 0.15) is 5.52 Å². The standard InChI is InChI=1S/C25H22N4O4S/c1-3-15(2)17-9-12-22-21(14-17)27-24(33-22)16-7-10-19(11-8-16)26-25(34)28-23(30)18-5-4-6-20(13-18)29(31)32/h4-15H,3H2,1-2H3,(H2,26,28,30,34)/t15-/m0/s1. The van der Waals surface area contributed by atoms with Crippen molar-refractivity contribution in [3.8, 4) is 11.5 Å². The molecule has 4 rings (SSSR count). The summed E-state index contributed by atoms with van der Waals surface area (Å²) < 4.78 is 5.91. The number of hydrogen-bond acceptors (Lipinski definition) is 6. The Kier molecular flexibility index (Phi) is 6.65. The molecular formula is C25H22N4O4S. The van der Waals surface area contributed by atoms with E-state index in [2.05, 4.69) is 41.6 Å². The number of amides is 1. The number of nitro benzene ring substituents is 1. The van der Waals surface area contributed by atoms with Crippen molar-refractivity contribution in [3.63, 3.8) is 0 Å². The third-order valence-electron chi connectivity index (χ3n) is 5.53. The van der Waals surface area contributed by atoms with Gasteiger partial charge in [-0.05, 0) is 72.6 Å². The molecule has 0 fully saturated rings. The van der Waals surface area contributed by atoms with E-state index in [1.54, 1.807) is 12.1 Å². The second kappa shape index (κ2) is 9.80. The van der Waals surface area contributed by atoms with Gasteiger partial charge in [0, 0.05) is 28.9 Å². The number of nitro groups is 1. The first-order chi connectivity index (χ1) is 16.3. The van der Waals surface area contributed by atoms with Gasteiger partial charge in [0.2, 0.25) is 5.89 Å². The predicted octanol–water partition coefficient (Wildman–Crippen LogP) is 6.04. The van der Waals surface area contributed by atoms with Crippen molar-refractivity contribution < 1.29 is 14.1 Å². The number of thiocarbonyl (C=S) groups is 1. The van der Waals surface area contributed by atoms with E-state index < -0.39 is 10.8 Å². The third kappa shape index (κ3) is 5.10. The lowest BCUT2D eigenvalue weighted by molar-refractivity contribution is -0.384. The van der Waals surface area contributed by atoms with Crippen molar-refractivity contribution in [1.29, 1.82) is 0 Å². The largest absolute Gasteiger partial charge is 0.436 e. The van der Waals surface area contributed by atoms with Crippen LogP contribution in [-0.4, -0.2) is 20.9 Å². The summed E-state index contributed by atoms with van der Waals surface area (Å²) >= 11 is 5.20. The monoisotopic (exact) mass is 474 g/mol. The van der Waals surface area contributed by atoms with Gasteiger partial charge in [0.05, 0.1) is 4.92 Å². The average Bonchev–Trinajstić information content (AvgIpc) is 3.27. The molecule has 9 heteroatoms. The molecule has 0 saturated heterocycles. The molecule has 0 saturated carbocycles. The second-order valence-corrected chi connectivity index (χ2v) is 8.26. The predicted molar refractivity (Wildman–Crippen MR) is 135 cm³/mol. The summed E-state index contributed by atoms with van der Waals surface area (Å²) in [7, 11) is 0. The normalized spacial score (nSPS) is 11.7. The molecule has 2 N–H and O–H groups in total. The Balaban J connectivity index is 1.42. The highest BCUT2D eigenvalue weighted by Gasteiger charge is 2.14. The summed E-state index contributed by atoms with van der Waals surface area (Å²) in [5.41, 5.74) is 4.21. The number of oxazole rings is 1. The van der Waals surface area contributed by atoms with E-state index in [-0.39, 0.29) is 16.4 Å². The summed E-state index contributed by atoms with van der Waals surface area (Å²) in [4.78, 5) is 27.3. The van der Waals surface area contributed by atoms with E-state index in [1.165, 1.54) is 29.8 Å². The number of rotatable bonds is 6. The molecule has 0 bridgehead atoms. The van der Waals surface area contributed by atoms with E-state index >= 15 is 0 Å². The van der Waals surface area contributed by atoms with Gasteiger partial charge in [-0.3, -0.25) is 20.2 Å².